The molecule has 11 heteroatoms. The van der Waals surface area contributed by atoms with Gasteiger partial charge in [-0.05, 0) is 81.3 Å². The summed E-state index contributed by atoms with van der Waals surface area (Å²) in [6.07, 6.45) is 3.59. The van der Waals surface area contributed by atoms with Crippen LogP contribution in [0.15, 0.2) is 24.4 Å². The number of carbonyl (C=O) groups excluding carboxylic acids is 2. The first-order valence-corrected chi connectivity index (χ1v) is 19.2. The first-order chi connectivity index (χ1) is 22.0. The van der Waals surface area contributed by atoms with E-state index in [1.54, 1.807) is 6.20 Å². The van der Waals surface area contributed by atoms with Crippen LogP contribution >= 0.6 is 0 Å². The van der Waals surface area contributed by atoms with Crippen LogP contribution in [0.1, 0.15) is 112 Å². The van der Waals surface area contributed by atoms with Gasteiger partial charge in [0, 0.05) is 25.1 Å². The average molecular weight is 664 g/mol. The van der Waals surface area contributed by atoms with Gasteiger partial charge in [0.05, 0.1) is 17.6 Å². The van der Waals surface area contributed by atoms with Crippen molar-refractivity contribution in [1.29, 1.82) is 0 Å². The summed E-state index contributed by atoms with van der Waals surface area (Å²) >= 11 is 0. The first-order valence-electron chi connectivity index (χ1n) is 16.9. The molecule has 47 heavy (non-hydrogen) atoms. The van der Waals surface area contributed by atoms with Crippen LogP contribution in [-0.4, -0.2) is 64.5 Å². The number of fused-ring (bicyclic) bond motifs is 1. The number of alkyl carbamates (subject to hydrolysis) is 1. The molecule has 1 unspecified atom stereocenters. The number of carbonyl (C=O) groups is 2. The molecule has 0 radical (unpaired) electrons. The molecular weight excluding hydrogens is 611 g/mol. The third-order valence-corrected chi connectivity index (χ3v) is 15.2. The van der Waals surface area contributed by atoms with E-state index in [1.165, 1.54) is 11.6 Å². The van der Waals surface area contributed by atoms with E-state index in [0.717, 1.165) is 41.4 Å². The smallest absolute Gasteiger partial charge is 0.407 e. The van der Waals surface area contributed by atoms with E-state index >= 15 is 0 Å². The number of rotatable bonds is 9. The highest BCUT2D eigenvalue weighted by molar-refractivity contribution is 6.90. The fourth-order valence-corrected chi connectivity index (χ4v) is 11.9. The van der Waals surface area contributed by atoms with E-state index in [1.807, 2.05) is 44.5 Å². The van der Waals surface area contributed by atoms with Gasteiger partial charge in [0.1, 0.15) is 25.5 Å². The lowest BCUT2D eigenvalue weighted by atomic mass is 10.1. The molecule has 0 saturated carbocycles. The molecule has 0 aliphatic carbocycles. The zero-order valence-electron chi connectivity index (χ0n) is 30.1. The maximum atomic E-state index is 12.4. The Kier molecular flexibility index (Phi) is 11.3. The molecule has 1 N–H and O–H groups in total. The molecule has 4 rings (SSSR count). The molecule has 2 atom stereocenters. The molecule has 1 amide bonds. The van der Waals surface area contributed by atoms with Crippen molar-refractivity contribution in [3.05, 3.63) is 30.1 Å². The number of ether oxygens (including phenoxy) is 3. The van der Waals surface area contributed by atoms with Gasteiger partial charge in [-0.2, -0.15) is 5.10 Å². The topological polar surface area (TPSA) is 110 Å². The van der Waals surface area contributed by atoms with Crippen LogP contribution in [0, 0.1) is 11.5 Å². The zero-order valence-corrected chi connectivity index (χ0v) is 31.1. The van der Waals surface area contributed by atoms with Gasteiger partial charge in [-0.15, -0.1) is 10.6 Å². The largest absolute Gasteiger partial charge is 0.471 e. The summed E-state index contributed by atoms with van der Waals surface area (Å²) in [6, 6.07) is 6.10. The van der Waals surface area contributed by atoms with Crippen molar-refractivity contribution in [1.82, 2.24) is 24.9 Å². The highest BCUT2D eigenvalue weighted by atomic mass is 28.3. The second kappa shape index (κ2) is 14.6. The van der Waals surface area contributed by atoms with Crippen molar-refractivity contribution in [2.75, 3.05) is 13.2 Å². The lowest BCUT2D eigenvalue weighted by molar-refractivity contribution is -0.0367. The second-order valence-corrected chi connectivity index (χ2v) is 20.2. The van der Waals surface area contributed by atoms with Crippen molar-refractivity contribution in [3.63, 3.8) is 0 Å². The van der Waals surface area contributed by atoms with Crippen molar-refractivity contribution in [3.8, 4) is 28.5 Å². The van der Waals surface area contributed by atoms with Crippen LogP contribution in [-0.2, 0) is 9.47 Å². The maximum absolute atomic E-state index is 12.4. The van der Waals surface area contributed by atoms with Gasteiger partial charge in [-0.3, -0.25) is 4.79 Å². The third kappa shape index (κ3) is 8.27. The summed E-state index contributed by atoms with van der Waals surface area (Å²) in [5.74, 6) is 3.64. The Morgan fingerprint density at radius 3 is 2.32 bits per heavy atom. The summed E-state index contributed by atoms with van der Waals surface area (Å²) in [4.78, 5) is 24.6. The Morgan fingerprint density at radius 1 is 1.06 bits per heavy atom. The Morgan fingerprint density at radius 2 is 1.74 bits per heavy atom. The van der Waals surface area contributed by atoms with Gasteiger partial charge in [0.15, 0.2) is 6.23 Å². The van der Waals surface area contributed by atoms with Crippen molar-refractivity contribution in [2.45, 2.75) is 130 Å². The third-order valence-electron chi connectivity index (χ3n) is 8.96. The zero-order chi connectivity index (χ0) is 34.7. The quantitative estimate of drug-likeness (QED) is 0.182. The van der Waals surface area contributed by atoms with E-state index < -0.39 is 25.9 Å². The van der Waals surface area contributed by atoms with Gasteiger partial charge in [-0.1, -0.05) is 53.5 Å². The van der Waals surface area contributed by atoms with E-state index in [2.05, 4.69) is 69.5 Å². The van der Waals surface area contributed by atoms with Gasteiger partial charge >= 0.3 is 6.09 Å². The van der Waals surface area contributed by atoms with Crippen LogP contribution in [0.5, 0.6) is 5.88 Å². The SMILES string of the molecule is CC(=O)n1cc(-c2ccc3c(c2)c(C#C[Si](C(C)C)(C(C)C)C(C)C)nn3C2CCCCO2)c(O[C@@H](C)CNC(=O)OC(C)(C)C)n1. The molecule has 1 saturated heterocycles. The summed E-state index contributed by atoms with van der Waals surface area (Å²) in [6.45, 7) is 23.5. The highest BCUT2D eigenvalue weighted by Gasteiger charge is 2.42. The maximum Gasteiger partial charge on any atom is 0.407 e. The minimum absolute atomic E-state index is 0.146. The van der Waals surface area contributed by atoms with Crippen LogP contribution in [0.3, 0.4) is 0 Å². The number of hydrogen-bond acceptors (Lipinski definition) is 7. The summed E-state index contributed by atoms with van der Waals surface area (Å²) in [7, 11) is -2.02. The average Bonchev–Trinajstić information content (AvgIpc) is 3.57. The number of benzene rings is 1. The molecule has 1 fully saturated rings. The Labute approximate surface area is 280 Å². The fraction of sp³-hybridized carbons (Fsp3) is 0.611. The number of nitrogens with one attached hydrogen (secondary N) is 1. The van der Waals surface area contributed by atoms with Crippen LogP contribution in [0.25, 0.3) is 22.0 Å². The number of aromatic nitrogens is 4. The molecule has 3 aromatic rings. The van der Waals surface area contributed by atoms with Gasteiger partial charge in [0.2, 0.25) is 11.8 Å². The summed E-state index contributed by atoms with van der Waals surface area (Å²) in [5.41, 5.74) is 7.87. The van der Waals surface area contributed by atoms with Crippen LogP contribution in [0.4, 0.5) is 4.79 Å². The summed E-state index contributed by atoms with van der Waals surface area (Å²) in [5, 5.41) is 13.2. The predicted molar refractivity (Wildman–Crippen MR) is 188 cm³/mol. The molecule has 0 spiro atoms. The standard InChI is InChI=1S/C36H53N5O5Si/c1-23(2)47(24(3)4,25(5)6)19-17-31-29-20-28(15-16-32(29)41(38-31)33-14-12-13-18-44-33)30-22-40(27(8)42)39-34(30)45-26(7)21-37-35(43)46-36(9,10)11/h15-16,20,22-26,33H,12-14,18,21H2,1-11H3,(H,37,43)/t26-,33?/m0/s1. The number of hydrogen-bond donors (Lipinski definition) is 1. The lowest BCUT2D eigenvalue weighted by Gasteiger charge is -2.38. The lowest BCUT2D eigenvalue weighted by Crippen LogP contribution is -2.43. The molecule has 2 aromatic heterocycles. The van der Waals surface area contributed by atoms with Crippen molar-refractivity contribution in [2.24, 2.45) is 0 Å². The minimum atomic E-state index is -2.02. The minimum Gasteiger partial charge on any atom is -0.471 e. The highest BCUT2D eigenvalue weighted by Crippen LogP contribution is 2.41. The molecular formula is C36H53N5O5Si. The Hall–Kier alpha value is -3.62. The Balaban J connectivity index is 1.78. The number of nitrogens with zero attached hydrogens (tertiary/aromatic N) is 4. The van der Waals surface area contributed by atoms with Gasteiger partial charge in [0.25, 0.3) is 0 Å². The fourth-order valence-electron chi connectivity index (χ4n) is 6.72. The first kappa shape index (κ1) is 36.2. The molecule has 3 heterocycles. The van der Waals surface area contributed by atoms with E-state index in [0.29, 0.717) is 34.7 Å². The molecule has 256 valence electrons. The van der Waals surface area contributed by atoms with Gasteiger partial charge in [-0.25, -0.2) is 14.2 Å². The molecule has 1 aromatic carbocycles. The summed E-state index contributed by atoms with van der Waals surface area (Å²) < 4.78 is 21.0. The molecule has 0 bridgehead atoms. The number of amides is 1. The van der Waals surface area contributed by atoms with Gasteiger partial charge < -0.3 is 19.5 Å². The normalized spacial score (nSPS) is 16.3. The monoisotopic (exact) mass is 663 g/mol. The van der Waals surface area contributed by atoms with E-state index in [-0.39, 0.29) is 18.7 Å². The van der Waals surface area contributed by atoms with Crippen molar-refractivity contribution < 1.29 is 23.8 Å². The Bertz CT molecular complexity index is 1610. The van der Waals surface area contributed by atoms with Crippen molar-refractivity contribution >= 4 is 31.0 Å². The van der Waals surface area contributed by atoms with Crippen LogP contribution < -0.4 is 10.1 Å². The molecule has 1 aliphatic rings. The van der Waals surface area contributed by atoms with E-state index in [9.17, 15) is 9.59 Å². The van der Waals surface area contributed by atoms with Crippen LogP contribution in [0.2, 0.25) is 16.6 Å². The van der Waals surface area contributed by atoms with E-state index in [4.69, 9.17) is 19.3 Å². The predicted octanol–water partition coefficient (Wildman–Crippen LogP) is 8.12. The molecule has 1 aliphatic heterocycles. The molecule has 10 nitrogen and oxygen atoms in total. The second-order valence-electron chi connectivity index (χ2n) is 14.6.